The normalized spacial score (nSPS) is 12.6. The van der Waals surface area contributed by atoms with E-state index in [9.17, 15) is 0 Å². The van der Waals surface area contributed by atoms with Crippen LogP contribution in [0.15, 0.2) is 36.4 Å². The first kappa shape index (κ1) is 13.6. The van der Waals surface area contributed by atoms with Crippen molar-refractivity contribution >= 4 is 22.9 Å². The number of hydrogen-bond acceptors (Lipinski definition) is 2. The number of thiophene rings is 1. The summed E-state index contributed by atoms with van der Waals surface area (Å²) in [6.07, 6.45) is 1.09. The molecule has 0 spiro atoms. The maximum atomic E-state index is 5.86. The summed E-state index contributed by atoms with van der Waals surface area (Å²) in [5.41, 5.74) is 1.27. The number of halogens is 1. The van der Waals surface area contributed by atoms with Crippen molar-refractivity contribution in [3.63, 3.8) is 0 Å². The molecule has 0 saturated carbocycles. The fourth-order valence-electron chi connectivity index (χ4n) is 1.86. The second kappa shape index (κ2) is 6.37. The lowest BCUT2D eigenvalue weighted by molar-refractivity contribution is 0.548. The Kier molecular flexibility index (Phi) is 4.81. The van der Waals surface area contributed by atoms with Gasteiger partial charge in [-0.05, 0) is 50.1 Å². The molecule has 1 aromatic carbocycles. The molecule has 2 aromatic rings. The SMILES string of the molecule is Cc1ccc(CC(C)NCc2ccc(Cl)cc2)s1. The molecule has 18 heavy (non-hydrogen) atoms. The number of hydrogen-bond donors (Lipinski definition) is 1. The first-order valence-corrected chi connectivity index (χ1v) is 7.36. The van der Waals surface area contributed by atoms with Crippen LogP contribution >= 0.6 is 22.9 Å². The highest BCUT2D eigenvalue weighted by Gasteiger charge is 2.05. The molecule has 1 heterocycles. The van der Waals surface area contributed by atoms with Crippen molar-refractivity contribution in [3.8, 4) is 0 Å². The molecule has 3 heteroatoms. The smallest absolute Gasteiger partial charge is 0.0406 e. The second-order valence-electron chi connectivity index (χ2n) is 4.62. The van der Waals surface area contributed by atoms with Gasteiger partial charge < -0.3 is 5.32 Å². The lowest BCUT2D eigenvalue weighted by Crippen LogP contribution is -2.27. The first-order valence-electron chi connectivity index (χ1n) is 6.16. The van der Waals surface area contributed by atoms with Gasteiger partial charge in [-0.1, -0.05) is 23.7 Å². The molecule has 0 aliphatic rings. The molecule has 0 amide bonds. The average Bonchev–Trinajstić information content (AvgIpc) is 2.74. The van der Waals surface area contributed by atoms with Gasteiger partial charge in [0.1, 0.15) is 0 Å². The maximum Gasteiger partial charge on any atom is 0.0406 e. The van der Waals surface area contributed by atoms with Crippen LogP contribution in [0.3, 0.4) is 0 Å². The van der Waals surface area contributed by atoms with Crippen LogP contribution < -0.4 is 5.32 Å². The van der Waals surface area contributed by atoms with Crippen molar-refractivity contribution < 1.29 is 0 Å². The van der Waals surface area contributed by atoms with Crippen LogP contribution in [0.5, 0.6) is 0 Å². The minimum absolute atomic E-state index is 0.485. The Hall–Kier alpha value is -0.830. The van der Waals surface area contributed by atoms with Gasteiger partial charge in [-0.2, -0.15) is 0 Å². The number of benzene rings is 1. The van der Waals surface area contributed by atoms with Gasteiger partial charge in [0.2, 0.25) is 0 Å². The van der Waals surface area contributed by atoms with E-state index >= 15 is 0 Å². The van der Waals surface area contributed by atoms with Gasteiger partial charge in [0, 0.05) is 27.4 Å². The fourth-order valence-corrected chi connectivity index (χ4v) is 3.01. The Bertz CT molecular complexity index is 489. The summed E-state index contributed by atoms with van der Waals surface area (Å²) < 4.78 is 0. The van der Waals surface area contributed by atoms with Crippen LogP contribution in [-0.4, -0.2) is 6.04 Å². The predicted molar refractivity (Wildman–Crippen MR) is 80.5 cm³/mol. The molecule has 0 aliphatic carbocycles. The zero-order valence-electron chi connectivity index (χ0n) is 10.7. The summed E-state index contributed by atoms with van der Waals surface area (Å²) in [5, 5.41) is 4.33. The minimum atomic E-state index is 0.485. The highest BCUT2D eigenvalue weighted by molar-refractivity contribution is 7.11. The summed E-state index contributed by atoms with van der Waals surface area (Å²) in [7, 11) is 0. The molecule has 1 aromatic heterocycles. The van der Waals surface area contributed by atoms with E-state index in [1.54, 1.807) is 0 Å². The van der Waals surface area contributed by atoms with E-state index in [0.29, 0.717) is 6.04 Å². The Balaban J connectivity index is 1.81. The molecule has 96 valence electrons. The maximum absolute atomic E-state index is 5.86. The van der Waals surface area contributed by atoms with E-state index in [0.717, 1.165) is 18.0 Å². The van der Waals surface area contributed by atoms with Gasteiger partial charge in [0.15, 0.2) is 0 Å². The third-order valence-corrected chi connectivity index (χ3v) is 4.15. The van der Waals surface area contributed by atoms with Crippen LogP contribution in [0, 0.1) is 6.92 Å². The lowest BCUT2D eigenvalue weighted by atomic mass is 10.1. The molecule has 1 N–H and O–H groups in total. The van der Waals surface area contributed by atoms with E-state index in [2.05, 4.69) is 43.4 Å². The Morgan fingerprint density at radius 1 is 1.17 bits per heavy atom. The summed E-state index contributed by atoms with van der Waals surface area (Å²) in [5.74, 6) is 0. The highest BCUT2D eigenvalue weighted by Crippen LogP contribution is 2.17. The van der Waals surface area contributed by atoms with Crippen LogP contribution in [-0.2, 0) is 13.0 Å². The summed E-state index contributed by atoms with van der Waals surface area (Å²) in [6.45, 7) is 5.27. The minimum Gasteiger partial charge on any atom is -0.310 e. The van der Waals surface area contributed by atoms with E-state index in [1.165, 1.54) is 15.3 Å². The Labute approximate surface area is 118 Å². The average molecular weight is 280 g/mol. The van der Waals surface area contributed by atoms with E-state index < -0.39 is 0 Å². The van der Waals surface area contributed by atoms with Crippen molar-refractivity contribution in [2.24, 2.45) is 0 Å². The lowest BCUT2D eigenvalue weighted by Gasteiger charge is -2.12. The van der Waals surface area contributed by atoms with Gasteiger partial charge in [0.25, 0.3) is 0 Å². The zero-order valence-corrected chi connectivity index (χ0v) is 12.3. The van der Waals surface area contributed by atoms with Crippen molar-refractivity contribution in [2.75, 3.05) is 0 Å². The molecular formula is C15H18ClNS. The largest absolute Gasteiger partial charge is 0.310 e. The zero-order chi connectivity index (χ0) is 13.0. The molecule has 0 saturated heterocycles. The van der Waals surface area contributed by atoms with Crippen molar-refractivity contribution in [3.05, 3.63) is 56.7 Å². The number of aryl methyl sites for hydroxylation is 1. The van der Waals surface area contributed by atoms with Gasteiger partial charge in [-0.3, -0.25) is 0 Å². The van der Waals surface area contributed by atoms with Crippen LogP contribution in [0.1, 0.15) is 22.2 Å². The van der Waals surface area contributed by atoms with E-state index in [4.69, 9.17) is 11.6 Å². The van der Waals surface area contributed by atoms with Crippen molar-refractivity contribution in [1.29, 1.82) is 0 Å². The molecule has 0 aliphatic heterocycles. The van der Waals surface area contributed by atoms with Gasteiger partial charge >= 0.3 is 0 Å². The summed E-state index contributed by atoms with van der Waals surface area (Å²) >= 11 is 7.75. The summed E-state index contributed by atoms with van der Waals surface area (Å²) in [6, 6.07) is 12.9. The van der Waals surface area contributed by atoms with Crippen LogP contribution in [0.4, 0.5) is 0 Å². The number of rotatable bonds is 5. The first-order chi connectivity index (χ1) is 8.63. The van der Waals surface area contributed by atoms with E-state index in [-0.39, 0.29) is 0 Å². The monoisotopic (exact) mass is 279 g/mol. The molecule has 1 unspecified atom stereocenters. The molecule has 1 nitrogen and oxygen atoms in total. The molecular weight excluding hydrogens is 262 g/mol. The van der Waals surface area contributed by atoms with Gasteiger partial charge in [0.05, 0.1) is 0 Å². The highest BCUT2D eigenvalue weighted by atomic mass is 35.5. The summed E-state index contributed by atoms with van der Waals surface area (Å²) in [4.78, 5) is 2.83. The molecule has 0 fully saturated rings. The predicted octanol–water partition coefficient (Wildman–Crippen LogP) is 4.43. The quantitative estimate of drug-likeness (QED) is 0.854. The van der Waals surface area contributed by atoms with Gasteiger partial charge in [-0.15, -0.1) is 11.3 Å². The standard InChI is InChI=1S/C15H18ClNS/c1-11(9-15-8-3-12(2)18-15)17-10-13-4-6-14(16)7-5-13/h3-8,11,17H,9-10H2,1-2H3. The molecule has 0 bridgehead atoms. The van der Waals surface area contributed by atoms with Gasteiger partial charge in [-0.25, -0.2) is 0 Å². The topological polar surface area (TPSA) is 12.0 Å². The Morgan fingerprint density at radius 3 is 2.50 bits per heavy atom. The molecule has 1 atom stereocenters. The number of nitrogens with one attached hydrogen (secondary N) is 1. The fraction of sp³-hybridized carbons (Fsp3) is 0.333. The van der Waals surface area contributed by atoms with E-state index in [1.807, 2.05) is 23.5 Å². The second-order valence-corrected chi connectivity index (χ2v) is 6.43. The van der Waals surface area contributed by atoms with Crippen molar-refractivity contribution in [2.45, 2.75) is 32.9 Å². The third-order valence-electron chi connectivity index (χ3n) is 2.87. The Morgan fingerprint density at radius 2 is 1.89 bits per heavy atom. The third kappa shape index (κ3) is 4.13. The van der Waals surface area contributed by atoms with Crippen LogP contribution in [0.2, 0.25) is 5.02 Å². The molecule has 2 rings (SSSR count). The molecule has 0 radical (unpaired) electrons. The van der Waals surface area contributed by atoms with Crippen LogP contribution in [0.25, 0.3) is 0 Å². The van der Waals surface area contributed by atoms with Crippen molar-refractivity contribution in [1.82, 2.24) is 5.32 Å².